The van der Waals surface area contributed by atoms with Crippen molar-refractivity contribution < 1.29 is 14.0 Å². The summed E-state index contributed by atoms with van der Waals surface area (Å²) in [5, 5.41) is 2.67. The number of rotatable bonds is 4. The van der Waals surface area contributed by atoms with E-state index in [-0.39, 0.29) is 11.5 Å². The first-order chi connectivity index (χ1) is 16.0. The lowest BCUT2D eigenvalue weighted by molar-refractivity contribution is -0.125. The summed E-state index contributed by atoms with van der Waals surface area (Å²) in [7, 11) is 0. The Morgan fingerprint density at radius 3 is 2.64 bits per heavy atom. The third-order valence-electron chi connectivity index (χ3n) is 5.83. The summed E-state index contributed by atoms with van der Waals surface area (Å²) in [5.41, 5.74) is 10.2. The second-order valence-electron chi connectivity index (χ2n) is 7.88. The van der Waals surface area contributed by atoms with Crippen LogP contribution in [-0.2, 0) is 16.0 Å². The molecule has 0 saturated heterocycles. The van der Waals surface area contributed by atoms with Gasteiger partial charge in [0.15, 0.2) is 0 Å². The molecule has 0 fully saturated rings. The molecule has 2 aliphatic heterocycles. The summed E-state index contributed by atoms with van der Waals surface area (Å²) in [4.78, 5) is 32.2. The Kier molecular flexibility index (Phi) is 5.22. The number of nitrogen functional groups attached to an aromatic ring is 1. The molecular formula is C26H21FN4O2. The molecule has 0 saturated carbocycles. The molecule has 0 aromatic heterocycles. The van der Waals surface area contributed by atoms with Gasteiger partial charge < -0.3 is 16.0 Å². The van der Waals surface area contributed by atoms with Crippen LogP contribution in [0.5, 0.6) is 0 Å². The molecule has 7 heteroatoms. The van der Waals surface area contributed by atoms with Gasteiger partial charge in [-0.15, -0.1) is 0 Å². The Labute approximate surface area is 190 Å². The molecule has 3 aromatic rings. The maximum atomic E-state index is 14.8. The van der Waals surface area contributed by atoms with E-state index in [1.165, 1.54) is 12.1 Å². The minimum Gasteiger partial charge on any atom is -0.398 e. The van der Waals surface area contributed by atoms with Gasteiger partial charge in [0.05, 0.1) is 11.4 Å². The van der Waals surface area contributed by atoms with Crippen LogP contribution >= 0.6 is 0 Å². The lowest BCUT2D eigenvalue weighted by Gasteiger charge is -2.20. The predicted molar refractivity (Wildman–Crippen MR) is 126 cm³/mol. The van der Waals surface area contributed by atoms with Gasteiger partial charge in [-0.2, -0.15) is 0 Å². The van der Waals surface area contributed by atoms with Crippen molar-refractivity contribution in [3.05, 3.63) is 101 Å². The van der Waals surface area contributed by atoms with E-state index in [0.717, 1.165) is 11.3 Å². The van der Waals surface area contributed by atoms with Gasteiger partial charge in [-0.3, -0.25) is 9.59 Å². The minimum absolute atomic E-state index is 0.277. The molecule has 3 aromatic carbocycles. The van der Waals surface area contributed by atoms with E-state index in [0.29, 0.717) is 35.5 Å². The van der Waals surface area contributed by atoms with Gasteiger partial charge in [-0.1, -0.05) is 48.5 Å². The van der Waals surface area contributed by atoms with Crippen molar-refractivity contribution in [2.75, 3.05) is 17.2 Å². The number of hydrogen-bond donors (Lipinski definition) is 2. The minimum atomic E-state index is -1.19. The van der Waals surface area contributed by atoms with Crippen molar-refractivity contribution >= 4 is 35.0 Å². The summed E-state index contributed by atoms with van der Waals surface area (Å²) in [6.45, 7) is 0.480. The first-order valence-corrected chi connectivity index (χ1v) is 10.6. The topological polar surface area (TPSA) is 87.8 Å². The van der Waals surface area contributed by atoms with E-state index >= 15 is 0 Å². The predicted octanol–water partition coefficient (Wildman–Crippen LogP) is 3.30. The standard InChI is InChI=1S/C26H21FN4O2/c27-20-10-3-2-8-18(20)23-19-9-5-7-17-14-15-31(24(17)19)26(33)25(30-23)29-22(32)13-12-16-6-1-4-11-21(16)28/h1-13,25H,14-15,28H2,(H,29,32). The van der Waals surface area contributed by atoms with E-state index in [2.05, 4.69) is 10.3 Å². The number of para-hydroxylation sites is 2. The van der Waals surface area contributed by atoms with E-state index in [9.17, 15) is 14.0 Å². The molecule has 164 valence electrons. The van der Waals surface area contributed by atoms with Crippen molar-refractivity contribution in [3.63, 3.8) is 0 Å². The molecule has 3 N–H and O–H groups in total. The normalized spacial score (nSPS) is 17.0. The summed E-state index contributed by atoms with van der Waals surface area (Å²) in [6.07, 6.45) is 2.39. The monoisotopic (exact) mass is 440 g/mol. The number of nitrogens with one attached hydrogen (secondary N) is 1. The first kappa shape index (κ1) is 20.6. The molecule has 0 bridgehead atoms. The molecule has 0 spiro atoms. The molecule has 2 amide bonds. The number of halogens is 1. The molecular weight excluding hydrogens is 419 g/mol. The maximum absolute atomic E-state index is 14.8. The molecule has 1 unspecified atom stereocenters. The fraction of sp³-hybridized carbons (Fsp3) is 0.115. The number of carbonyl (C=O) groups excluding carboxylic acids is 2. The van der Waals surface area contributed by atoms with Crippen LogP contribution in [0.4, 0.5) is 15.8 Å². The Balaban J connectivity index is 1.54. The van der Waals surface area contributed by atoms with Gasteiger partial charge in [0, 0.05) is 29.4 Å². The molecule has 2 heterocycles. The average molecular weight is 440 g/mol. The Morgan fingerprint density at radius 2 is 1.82 bits per heavy atom. The average Bonchev–Trinajstić information content (AvgIpc) is 3.21. The number of benzene rings is 3. The van der Waals surface area contributed by atoms with Crippen molar-refractivity contribution in [1.82, 2.24) is 5.32 Å². The highest BCUT2D eigenvalue weighted by Gasteiger charge is 2.37. The Morgan fingerprint density at radius 1 is 1.06 bits per heavy atom. The SMILES string of the molecule is Nc1ccccc1C=CC(=O)NC1N=C(c2ccccc2F)c2cccc3c2N(CC3)C1=O. The number of nitrogens with two attached hydrogens (primary N) is 1. The van der Waals surface area contributed by atoms with Gasteiger partial charge in [0.25, 0.3) is 5.91 Å². The zero-order valence-corrected chi connectivity index (χ0v) is 17.7. The number of nitrogens with zero attached hydrogens (tertiary/aromatic N) is 2. The highest BCUT2D eigenvalue weighted by atomic mass is 19.1. The molecule has 1 atom stereocenters. The van der Waals surface area contributed by atoms with Gasteiger partial charge >= 0.3 is 0 Å². The quantitative estimate of drug-likeness (QED) is 0.482. The Bertz CT molecular complexity index is 1330. The maximum Gasteiger partial charge on any atom is 0.272 e. The third-order valence-corrected chi connectivity index (χ3v) is 5.83. The van der Waals surface area contributed by atoms with Crippen LogP contribution in [0.15, 0.2) is 77.8 Å². The van der Waals surface area contributed by atoms with Crippen LogP contribution in [0.2, 0.25) is 0 Å². The molecule has 0 aliphatic carbocycles. The summed E-state index contributed by atoms with van der Waals surface area (Å²) >= 11 is 0. The number of hydrogen-bond acceptors (Lipinski definition) is 4. The largest absolute Gasteiger partial charge is 0.398 e. The third kappa shape index (κ3) is 3.78. The van der Waals surface area contributed by atoms with Gasteiger partial charge in [0.1, 0.15) is 5.82 Å². The van der Waals surface area contributed by atoms with Crippen molar-refractivity contribution in [2.45, 2.75) is 12.6 Å². The van der Waals surface area contributed by atoms with Crippen LogP contribution in [0.25, 0.3) is 6.08 Å². The molecule has 33 heavy (non-hydrogen) atoms. The molecule has 5 rings (SSSR count). The second kappa shape index (κ2) is 8.35. The fourth-order valence-corrected chi connectivity index (χ4v) is 4.24. The number of carbonyl (C=O) groups is 2. The summed E-state index contributed by atoms with van der Waals surface area (Å²) < 4.78 is 14.8. The zero-order valence-electron chi connectivity index (χ0n) is 17.7. The number of aliphatic imine (C=N–C) groups is 1. The highest BCUT2D eigenvalue weighted by Crippen LogP contribution is 2.36. The van der Waals surface area contributed by atoms with Crippen molar-refractivity contribution in [2.24, 2.45) is 4.99 Å². The second-order valence-corrected chi connectivity index (χ2v) is 7.88. The number of anilines is 2. The highest BCUT2D eigenvalue weighted by molar-refractivity contribution is 6.21. The van der Waals surface area contributed by atoms with Crippen LogP contribution in [0, 0.1) is 5.82 Å². The molecule has 0 radical (unpaired) electrons. The smallest absolute Gasteiger partial charge is 0.272 e. The lowest BCUT2D eigenvalue weighted by atomic mass is 9.98. The van der Waals surface area contributed by atoms with Crippen molar-refractivity contribution in [1.29, 1.82) is 0 Å². The van der Waals surface area contributed by atoms with Crippen LogP contribution in [-0.4, -0.2) is 30.2 Å². The Hall–Kier alpha value is -4.26. The fourth-order valence-electron chi connectivity index (χ4n) is 4.24. The van der Waals surface area contributed by atoms with Crippen LogP contribution < -0.4 is 16.0 Å². The van der Waals surface area contributed by atoms with Gasteiger partial charge in [-0.25, -0.2) is 9.38 Å². The van der Waals surface area contributed by atoms with Gasteiger partial charge in [-0.05, 0) is 41.8 Å². The van der Waals surface area contributed by atoms with E-state index in [1.807, 2.05) is 24.3 Å². The van der Waals surface area contributed by atoms with Gasteiger partial charge in [0.2, 0.25) is 12.1 Å². The summed E-state index contributed by atoms with van der Waals surface area (Å²) in [6, 6.07) is 19.1. The van der Waals surface area contributed by atoms with Crippen LogP contribution in [0.1, 0.15) is 22.3 Å². The first-order valence-electron chi connectivity index (χ1n) is 10.6. The van der Waals surface area contributed by atoms with Crippen molar-refractivity contribution in [3.8, 4) is 0 Å². The van der Waals surface area contributed by atoms with Crippen LogP contribution in [0.3, 0.4) is 0 Å². The molecule has 6 nitrogen and oxygen atoms in total. The lowest BCUT2D eigenvalue weighted by Crippen LogP contribution is -2.46. The summed E-state index contributed by atoms with van der Waals surface area (Å²) in [5.74, 6) is -1.30. The number of amides is 2. The van der Waals surface area contributed by atoms with E-state index in [1.54, 1.807) is 47.4 Å². The van der Waals surface area contributed by atoms with E-state index in [4.69, 9.17) is 5.73 Å². The zero-order chi connectivity index (χ0) is 22.9. The molecule has 2 aliphatic rings. The van der Waals surface area contributed by atoms with E-state index < -0.39 is 17.9 Å².